The SMILES string of the molecule is CCOc1cc(CCN)cc(Br)c1OCCc1cccs1. The van der Waals surface area contributed by atoms with Crippen molar-refractivity contribution in [2.24, 2.45) is 5.73 Å². The maximum absolute atomic E-state index is 5.93. The van der Waals surface area contributed by atoms with Gasteiger partial charge in [-0.15, -0.1) is 11.3 Å². The van der Waals surface area contributed by atoms with Crippen molar-refractivity contribution in [2.75, 3.05) is 19.8 Å². The van der Waals surface area contributed by atoms with E-state index in [2.05, 4.69) is 39.5 Å². The molecule has 3 nitrogen and oxygen atoms in total. The summed E-state index contributed by atoms with van der Waals surface area (Å²) < 4.78 is 12.5. The molecular formula is C16H20BrNO2S. The molecule has 1 aromatic heterocycles. The predicted molar refractivity (Wildman–Crippen MR) is 91.6 cm³/mol. The summed E-state index contributed by atoms with van der Waals surface area (Å²) >= 11 is 5.32. The molecule has 0 amide bonds. The van der Waals surface area contributed by atoms with Crippen molar-refractivity contribution < 1.29 is 9.47 Å². The molecule has 0 aliphatic heterocycles. The van der Waals surface area contributed by atoms with Gasteiger partial charge in [0.1, 0.15) is 0 Å². The summed E-state index contributed by atoms with van der Waals surface area (Å²) in [6.07, 6.45) is 1.73. The molecule has 0 unspecified atom stereocenters. The van der Waals surface area contributed by atoms with Crippen LogP contribution in [0.5, 0.6) is 11.5 Å². The van der Waals surface area contributed by atoms with Gasteiger partial charge >= 0.3 is 0 Å². The molecule has 1 aromatic carbocycles. The molecule has 0 atom stereocenters. The van der Waals surface area contributed by atoms with Crippen LogP contribution in [0.3, 0.4) is 0 Å². The van der Waals surface area contributed by atoms with Crippen LogP contribution in [0.4, 0.5) is 0 Å². The summed E-state index contributed by atoms with van der Waals surface area (Å²) in [7, 11) is 0. The van der Waals surface area contributed by atoms with E-state index in [0.717, 1.165) is 34.4 Å². The molecule has 2 rings (SSSR count). The highest BCUT2D eigenvalue weighted by atomic mass is 79.9. The maximum atomic E-state index is 5.93. The predicted octanol–water partition coefficient (Wildman–Crippen LogP) is 4.03. The van der Waals surface area contributed by atoms with Crippen molar-refractivity contribution in [1.82, 2.24) is 0 Å². The zero-order valence-corrected chi connectivity index (χ0v) is 14.5. The molecule has 0 fully saturated rings. The van der Waals surface area contributed by atoms with E-state index in [1.807, 2.05) is 13.0 Å². The van der Waals surface area contributed by atoms with Crippen LogP contribution in [0.1, 0.15) is 17.4 Å². The maximum Gasteiger partial charge on any atom is 0.175 e. The lowest BCUT2D eigenvalue weighted by Crippen LogP contribution is -2.06. The number of halogens is 1. The van der Waals surface area contributed by atoms with Crippen molar-refractivity contribution in [1.29, 1.82) is 0 Å². The lowest BCUT2D eigenvalue weighted by molar-refractivity contribution is 0.278. The summed E-state index contributed by atoms with van der Waals surface area (Å²) in [6, 6.07) is 8.25. The summed E-state index contributed by atoms with van der Waals surface area (Å²) in [6.45, 7) is 3.84. The van der Waals surface area contributed by atoms with E-state index in [-0.39, 0.29) is 0 Å². The van der Waals surface area contributed by atoms with E-state index < -0.39 is 0 Å². The Hall–Kier alpha value is -1.04. The number of hydrogen-bond donors (Lipinski definition) is 1. The van der Waals surface area contributed by atoms with E-state index in [0.29, 0.717) is 19.8 Å². The van der Waals surface area contributed by atoms with Gasteiger partial charge in [0.05, 0.1) is 17.7 Å². The van der Waals surface area contributed by atoms with Crippen LogP contribution in [0, 0.1) is 0 Å². The third-order valence-electron chi connectivity index (χ3n) is 2.98. The van der Waals surface area contributed by atoms with Gasteiger partial charge in [0.25, 0.3) is 0 Å². The molecule has 2 N–H and O–H groups in total. The van der Waals surface area contributed by atoms with Gasteiger partial charge in [0.15, 0.2) is 11.5 Å². The first-order valence-corrected chi connectivity index (χ1v) is 8.72. The fourth-order valence-electron chi connectivity index (χ4n) is 2.04. The first-order valence-electron chi connectivity index (χ1n) is 7.05. The quantitative estimate of drug-likeness (QED) is 0.763. The molecule has 21 heavy (non-hydrogen) atoms. The van der Waals surface area contributed by atoms with Crippen molar-refractivity contribution in [2.45, 2.75) is 19.8 Å². The van der Waals surface area contributed by atoms with E-state index in [9.17, 15) is 0 Å². The summed E-state index contributed by atoms with van der Waals surface area (Å²) in [5.74, 6) is 1.55. The Morgan fingerprint density at radius 2 is 2.10 bits per heavy atom. The number of benzene rings is 1. The van der Waals surface area contributed by atoms with Crippen LogP contribution >= 0.6 is 27.3 Å². The Balaban J connectivity index is 2.08. The average molecular weight is 370 g/mol. The van der Waals surface area contributed by atoms with Crippen molar-refractivity contribution in [3.05, 3.63) is 44.6 Å². The Morgan fingerprint density at radius 1 is 1.24 bits per heavy atom. The lowest BCUT2D eigenvalue weighted by atomic mass is 10.1. The van der Waals surface area contributed by atoms with Crippen LogP contribution in [0.25, 0.3) is 0 Å². The van der Waals surface area contributed by atoms with E-state index in [1.54, 1.807) is 11.3 Å². The molecule has 0 bridgehead atoms. The molecule has 0 saturated heterocycles. The van der Waals surface area contributed by atoms with Crippen LogP contribution in [0.2, 0.25) is 0 Å². The molecular weight excluding hydrogens is 350 g/mol. The third-order valence-corrected chi connectivity index (χ3v) is 4.50. The molecule has 1 heterocycles. The summed E-state index contributed by atoms with van der Waals surface area (Å²) in [5.41, 5.74) is 6.77. The van der Waals surface area contributed by atoms with E-state index in [4.69, 9.17) is 15.2 Å². The third kappa shape index (κ3) is 4.73. The van der Waals surface area contributed by atoms with Gasteiger partial charge in [-0.2, -0.15) is 0 Å². The number of ether oxygens (including phenoxy) is 2. The molecule has 0 aliphatic rings. The highest BCUT2D eigenvalue weighted by molar-refractivity contribution is 9.10. The summed E-state index contributed by atoms with van der Waals surface area (Å²) in [4.78, 5) is 1.32. The van der Waals surface area contributed by atoms with Crippen molar-refractivity contribution in [3.63, 3.8) is 0 Å². The molecule has 0 aliphatic carbocycles. The normalized spacial score (nSPS) is 10.6. The fraction of sp³-hybridized carbons (Fsp3) is 0.375. The van der Waals surface area contributed by atoms with Crippen molar-refractivity contribution in [3.8, 4) is 11.5 Å². The Bertz CT molecular complexity index is 558. The second-order valence-corrected chi connectivity index (χ2v) is 6.44. The zero-order valence-electron chi connectivity index (χ0n) is 12.1. The highest BCUT2D eigenvalue weighted by Crippen LogP contribution is 2.37. The van der Waals surface area contributed by atoms with Crippen LogP contribution < -0.4 is 15.2 Å². The molecule has 0 spiro atoms. The topological polar surface area (TPSA) is 44.5 Å². The minimum atomic E-state index is 0.611. The first-order chi connectivity index (χ1) is 10.2. The highest BCUT2D eigenvalue weighted by Gasteiger charge is 2.12. The van der Waals surface area contributed by atoms with Crippen LogP contribution in [0.15, 0.2) is 34.1 Å². The number of nitrogens with two attached hydrogens (primary N) is 1. The van der Waals surface area contributed by atoms with Gasteiger partial charge in [-0.3, -0.25) is 0 Å². The molecule has 0 saturated carbocycles. The average Bonchev–Trinajstić information content (AvgIpc) is 2.95. The standard InChI is InChI=1S/C16H20BrNO2S/c1-2-19-15-11-12(5-7-18)10-14(17)16(15)20-8-6-13-4-3-9-21-13/h3-4,9-11H,2,5-8,18H2,1H3. The lowest BCUT2D eigenvalue weighted by Gasteiger charge is -2.15. The summed E-state index contributed by atoms with van der Waals surface area (Å²) in [5, 5.41) is 2.08. The number of rotatable bonds is 8. The Kier molecular flexibility index (Phi) is 6.54. The Labute approximate surface area is 138 Å². The van der Waals surface area contributed by atoms with Gasteiger partial charge in [0.2, 0.25) is 0 Å². The number of thiophene rings is 1. The van der Waals surface area contributed by atoms with Gasteiger partial charge in [-0.05, 0) is 65.0 Å². The molecule has 5 heteroatoms. The molecule has 114 valence electrons. The van der Waals surface area contributed by atoms with Crippen LogP contribution in [-0.2, 0) is 12.8 Å². The molecule has 0 radical (unpaired) electrons. The van der Waals surface area contributed by atoms with Gasteiger partial charge in [-0.25, -0.2) is 0 Å². The minimum Gasteiger partial charge on any atom is -0.490 e. The van der Waals surface area contributed by atoms with Crippen molar-refractivity contribution >= 4 is 27.3 Å². The Morgan fingerprint density at radius 3 is 2.76 bits per heavy atom. The first kappa shape index (κ1) is 16.3. The minimum absolute atomic E-state index is 0.611. The van der Waals surface area contributed by atoms with Crippen LogP contribution in [-0.4, -0.2) is 19.8 Å². The molecule has 2 aromatic rings. The monoisotopic (exact) mass is 369 g/mol. The smallest absolute Gasteiger partial charge is 0.175 e. The zero-order chi connectivity index (χ0) is 15.1. The van der Waals surface area contributed by atoms with E-state index in [1.165, 1.54) is 4.88 Å². The fourth-order valence-corrected chi connectivity index (χ4v) is 3.34. The number of hydrogen-bond acceptors (Lipinski definition) is 4. The van der Waals surface area contributed by atoms with E-state index >= 15 is 0 Å². The van der Waals surface area contributed by atoms with Gasteiger partial charge < -0.3 is 15.2 Å². The second-order valence-electron chi connectivity index (χ2n) is 4.55. The van der Waals surface area contributed by atoms with Gasteiger partial charge in [0, 0.05) is 11.3 Å². The second kappa shape index (κ2) is 8.41. The van der Waals surface area contributed by atoms with Gasteiger partial charge in [-0.1, -0.05) is 6.07 Å². The largest absolute Gasteiger partial charge is 0.490 e.